The van der Waals surface area contributed by atoms with Crippen LogP contribution in [0.1, 0.15) is 43.0 Å². The minimum Gasteiger partial charge on any atom is -0.493 e. The monoisotopic (exact) mass is 589 g/mol. The SMILES string of the molecule is [2H]C(c1ccc(OCc2ccccc2)c(OC([2H])([2H])[2H])c1)C([2H])([2H])NC(=O)Cc1ccc(OC)c(OCc2ccccc2)c1COC(C)=O. The first-order valence-corrected chi connectivity index (χ1v) is 13.5. The fourth-order valence-electron chi connectivity index (χ4n) is 4.16. The van der Waals surface area contributed by atoms with Gasteiger partial charge in [0.15, 0.2) is 23.0 Å². The van der Waals surface area contributed by atoms with Crippen molar-refractivity contribution < 1.29 is 41.5 Å². The topological polar surface area (TPSA) is 92.3 Å². The maximum Gasteiger partial charge on any atom is 0.302 e. The fourth-order valence-corrected chi connectivity index (χ4v) is 4.16. The molecule has 1 unspecified atom stereocenters. The largest absolute Gasteiger partial charge is 0.493 e. The number of aryl methyl sites for hydroxylation is 1. The fraction of sp³-hybridized carbons (Fsp3) is 0.257. The number of nitrogens with one attached hydrogen (secondary N) is 1. The Labute approximate surface area is 260 Å². The van der Waals surface area contributed by atoms with Crippen LogP contribution in [-0.4, -0.2) is 32.5 Å². The predicted molar refractivity (Wildman–Crippen MR) is 163 cm³/mol. The van der Waals surface area contributed by atoms with E-state index in [4.69, 9.17) is 31.9 Å². The van der Waals surface area contributed by atoms with E-state index in [1.54, 1.807) is 12.1 Å². The van der Waals surface area contributed by atoms with Gasteiger partial charge in [0.1, 0.15) is 19.8 Å². The van der Waals surface area contributed by atoms with Crippen LogP contribution < -0.4 is 24.3 Å². The summed E-state index contributed by atoms with van der Waals surface area (Å²) in [5.41, 5.74) is 2.47. The molecule has 0 fully saturated rings. The van der Waals surface area contributed by atoms with Crippen LogP contribution in [0, 0.1) is 0 Å². The molecule has 224 valence electrons. The van der Waals surface area contributed by atoms with Crippen molar-refractivity contribution in [3.63, 3.8) is 0 Å². The summed E-state index contributed by atoms with van der Waals surface area (Å²) in [5, 5.41) is 2.27. The molecular formula is C35H37NO7. The lowest BCUT2D eigenvalue weighted by Crippen LogP contribution is -2.27. The van der Waals surface area contributed by atoms with Gasteiger partial charge in [-0.3, -0.25) is 9.59 Å². The van der Waals surface area contributed by atoms with Gasteiger partial charge in [-0.15, -0.1) is 0 Å². The molecule has 1 N–H and O–H groups in total. The highest BCUT2D eigenvalue weighted by atomic mass is 16.5. The predicted octanol–water partition coefficient (Wildman–Crippen LogP) is 5.83. The summed E-state index contributed by atoms with van der Waals surface area (Å²) in [7, 11) is -1.40. The van der Waals surface area contributed by atoms with Gasteiger partial charge >= 0.3 is 5.97 Å². The van der Waals surface area contributed by atoms with Crippen molar-refractivity contribution in [1.82, 2.24) is 5.32 Å². The quantitative estimate of drug-likeness (QED) is 0.175. The van der Waals surface area contributed by atoms with Gasteiger partial charge < -0.3 is 29.0 Å². The Morgan fingerprint density at radius 2 is 1.44 bits per heavy atom. The molecule has 1 amide bonds. The number of carbonyl (C=O) groups excluding carboxylic acids is 2. The molecular weight excluding hydrogens is 546 g/mol. The van der Waals surface area contributed by atoms with E-state index in [2.05, 4.69) is 5.32 Å². The molecule has 4 aromatic rings. The summed E-state index contributed by atoms with van der Waals surface area (Å²) in [6.07, 6.45) is -2.05. The van der Waals surface area contributed by atoms with E-state index in [-0.39, 0.29) is 49.1 Å². The highest BCUT2D eigenvalue weighted by Gasteiger charge is 2.19. The van der Waals surface area contributed by atoms with E-state index in [1.165, 1.54) is 32.2 Å². The molecule has 0 aromatic heterocycles. The van der Waals surface area contributed by atoms with Crippen molar-refractivity contribution in [2.24, 2.45) is 0 Å². The molecule has 0 aliphatic heterocycles. The Kier molecular flexibility index (Phi) is 8.70. The molecule has 8 heteroatoms. The van der Waals surface area contributed by atoms with E-state index in [0.717, 1.165) is 11.1 Å². The maximum absolute atomic E-state index is 13.3. The first kappa shape index (κ1) is 23.6. The molecule has 1 atom stereocenters. The molecule has 4 rings (SSSR count). The number of hydrogen-bond donors (Lipinski definition) is 1. The zero-order valence-corrected chi connectivity index (χ0v) is 23.9. The lowest BCUT2D eigenvalue weighted by atomic mass is 10.0. The van der Waals surface area contributed by atoms with Crippen molar-refractivity contribution in [3.05, 3.63) is 119 Å². The smallest absolute Gasteiger partial charge is 0.302 e. The lowest BCUT2D eigenvalue weighted by Gasteiger charge is -2.19. The molecule has 0 aliphatic carbocycles. The van der Waals surface area contributed by atoms with Crippen LogP contribution in [0.5, 0.6) is 23.0 Å². The van der Waals surface area contributed by atoms with Gasteiger partial charge in [0.2, 0.25) is 5.91 Å². The average molecular weight is 590 g/mol. The number of amides is 1. The van der Waals surface area contributed by atoms with Crippen LogP contribution in [0.3, 0.4) is 0 Å². The number of methoxy groups -OCH3 is 2. The first-order valence-electron chi connectivity index (χ1n) is 16.5. The van der Waals surface area contributed by atoms with Crippen molar-refractivity contribution >= 4 is 11.9 Å². The second-order valence-corrected chi connectivity index (χ2v) is 9.39. The van der Waals surface area contributed by atoms with Gasteiger partial charge in [0.25, 0.3) is 0 Å². The molecule has 4 aromatic carbocycles. The third kappa shape index (κ3) is 9.26. The van der Waals surface area contributed by atoms with Crippen LogP contribution in [-0.2, 0) is 47.0 Å². The maximum atomic E-state index is 13.3. The molecule has 0 radical (unpaired) electrons. The van der Waals surface area contributed by atoms with Crippen molar-refractivity contribution in [3.8, 4) is 23.0 Å². The van der Waals surface area contributed by atoms with Gasteiger partial charge in [-0.25, -0.2) is 0 Å². The number of ether oxygens (including phenoxy) is 5. The van der Waals surface area contributed by atoms with Gasteiger partial charge in [0.05, 0.1) is 24.7 Å². The van der Waals surface area contributed by atoms with Crippen molar-refractivity contribution in [1.29, 1.82) is 0 Å². The normalized spacial score (nSPS) is 13.9. The van der Waals surface area contributed by atoms with E-state index in [1.807, 2.05) is 60.7 Å². The second-order valence-electron chi connectivity index (χ2n) is 9.39. The molecule has 0 aliphatic rings. The second kappa shape index (κ2) is 15.9. The van der Waals surface area contributed by atoms with Crippen molar-refractivity contribution in [2.45, 2.75) is 39.6 Å². The van der Waals surface area contributed by atoms with Crippen molar-refractivity contribution in [2.75, 3.05) is 20.6 Å². The molecule has 0 spiro atoms. The summed E-state index contributed by atoms with van der Waals surface area (Å²) in [4.78, 5) is 25.0. The zero-order valence-electron chi connectivity index (χ0n) is 29.9. The summed E-state index contributed by atoms with van der Waals surface area (Å²) in [5.74, 6) is -0.841. The molecule has 43 heavy (non-hydrogen) atoms. The molecule has 8 nitrogen and oxygen atoms in total. The summed E-state index contributed by atoms with van der Waals surface area (Å²) in [6.45, 7) is -1.33. The Morgan fingerprint density at radius 1 is 0.767 bits per heavy atom. The van der Waals surface area contributed by atoms with Gasteiger partial charge in [-0.05, 0) is 46.8 Å². The number of esters is 1. The van der Waals surface area contributed by atoms with E-state index < -0.39 is 31.8 Å². The van der Waals surface area contributed by atoms with E-state index in [0.29, 0.717) is 16.9 Å². The molecule has 0 saturated heterocycles. The standard InChI is InChI=1S/C35H37NO7/c1-25(37)41-24-30-29(15-17-32(39-2)35(30)43-23-28-12-8-5-9-13-28)21-34(38)36-19-18-26-14-16-31(33(20-26)40-3)42-22-27-10-6-4-7-11-27/h4-17,20H,18-19,21-24H2,1-3H3,(H,36,38)/i3D3,18D,19D2. The lowest BCUT2D eigenvalue weighted by molar-refractivity contribution is -0.142. The van der Waals surface area contributed by atoms with Crippen LogP contribution in [0.2, 0.25) is 0 Å². The average Bonchev–Trinajstić information content (AvgIpc) is 3.05. The summed E-state index contributed by atoms with van der Waals surface area (Å²) in [6, 6.07) is 25.7. The van der Waals surface area contributed by atoms with Crippen LogP contribution in [0.15, 0.2) is 91.0 Å². The first-order chi connectivity index (χ1) is 23.3. The highest BCUT2D eigenvalue weighted by molar-refractivity contribution is 5.79. The third-order valence-electron chi connectivity index (χ3n) is 6.30. The molecule has 0 saturated carbocycles. The zero-order chi connectivity index (χ0) is 35.6. The summed E-state index contributed by atoms with van der Waals surface area (Å²) < 4.78 is 76.3. The van der Waals surface area contributed by atoms with Crippen LogP contribution in [0.25, 0.3) is 0 Å². The number of carbonyl (C=O) groups is 2. The number of benzene rings is 4. The third-order valence-corrected chi connectivity index (χ3v) is 6.30. The van der Waals surface area contributed by atoms with E-state index in [9.17, 15) is 9.59 Å². The Hall–Kier alpha value is -4.98. The highest BCUT2D eigenvalue weighted by Crippen LogP contribution is 2.35. The van der Waals surface area contributed by atoms with Crippen LogP contribution in [0.4, 0.5) is 0 Å². The Bertz CT molecular complexity index is 1720. The van der Waals surface area contributed by atoms with Gasteiger partial charge in [-0.1, -0.05) is 72.8 Å². The van der Waals surface area contributed by atoms with Gasteiger partial charge in [0, 0.05) is 23.1 Å². The molecule has 0 bridgehead atoms. The number of hydrogen-bond acceptors (Lipinski definition) is 7. The minimum atomic E-state index is -2.85. The van der Waals surface area contributed by atoms with E-state index >= 15 is 0 Å². The summed E-state index contributed by atoms with van der Waals surface area (Å²) >= 11 is 0. The minimum absolute atomic E-state index is 0.0354. The van der Waals surface area contributed by atoms with Gasteiger partial charge in [-0.2, -0.15) is 0 Å². The molecule has 0 heterocycles. The Balaban J connectivity index is 1.54. The van der Waals surface area contributed by atoms with Crippen LogP contribution >= 0.6 is 0 Å². The number of rotatable bonds is 15. The Morgan fingerprint density at radius 3 is 2.09 bits per heavy atom.